The number of hydrogen-bond donors (Lipinski definition) is 0. The van der Waals surface area contributed by atoms with Crippen molar-refractivity contribution in [2.45, 2.75) is 39.1 Å². The van der Waals surface area contributed by atoms with E-state index in [2.05, 4.69) is 13.8 Å². The van der Waals surface area contributed by atoms with Crippen molar-refractivity contribution in [3.63, 3.8) is 0 Å². The Morgan fingerprint density at radius 3 is 2.67 bits per heavy atom. The van der Waals surface area contributed by atoms with Crippen LogP contribution in [-0.4, -0.2) is 25.3 Å². The van der Waals surface area contributed by atoms with Gasteiger partial charge < -0.3 is 9.47 Å². The molecule has 0 aromatic heterocycles. The number of rotatable bonds is 2. The molecule has 12 heavy (non-hydrogen) atoms. The standard InChI is InChI=1S/C9H16O3/c1-6(2)8-4-7(10)5-9(11-3)12-8/h6,8-9H,4-5H2,1-3H3. The fraction of sp³-hybridized carbons (Fsp3) is 0.889. The highest BCUT2D eigenvalue weighted by atomic mass is 16.7. The normalized spacial score (nSPS) is 31.2. The SMILES string of the molecule is COC1CC(=O)CC(C(C)C)O1. The maximum atomic E-state index is 11.2. The predicted molar refractivity (Wildman–Crippen MR) is 44.7 cm³/mol. The minimum atomic E-state index is -0.321. The average Bonchev–Trinajstić information content (AvgIpc) is 2.03. The van der Waals surface area contributed by atoms with Gasteiger partial charge in [0.2, 0.25) is 0 Å². The minimum Gasteiger partial charge on any atom is -0.355 e. The van der Waals surface area contributed by atoms with Crippen molar-refractivity contribution >= 4 is 5.78 Å². The van der Waals surface area contributed by atoms with Gasteiger partial charge in [0.05, 0.1) is 12.5 Å². The summed E-state index contributed by atoms with van der Waals surface area (Å²) in [6, 6.07) is 0. The second-order valence-corrected chi connectivity index (χ2v) is 3.53. The van der Waals surface area contributed by atoms with Crippen molar-refractivity contribution in [3.05, 3.63) is 0 Å². The summed E-state index contributed by atoms with van der Waals surface area (Å²) in [6.45, 7) is 4.10. The number of carbonyl (C=O) groups is 1. The molecule has 1 saturated heterocycles. The average molecular weight is 172 g/mol. The molecule has 0 aromatic carbocycles. The van der Waals surface area contributed by atoms with Gasteiger partial charge in [-0.1, -0.05) is 13.8 Å². The zero-order valence-corrected chi connectivity index (χ0v) is 7.87. The van der Waals surface area contributed by atoms with Crippen LogP contribution in [0.1, 0.15) is 26.7 Å². The summed E-state index contributed by atoms with van der Waals surface area (Å²) in [5.41, 5.74) is 0. The fourth-order valence-corrected chi connectivity index (χ4v) is 1.32. The number of carbonyl (C=O) groups excluding carboxylic acids is 1. The van der Waals surface area contributed by atoms with Crippen LogP contribution in [0.5, 0.6) is 0 Å². The van der Waals surface area contributed by atoms with E-state index in [4.69, 9.17) is 9.47 Å². The monoisotopic (exact) mass is 172 g/mol. The Kier molecular flexibility index (Phi) is 3.23. The van der Waals surface area contributed by atoms with E-state index < -0.39 is 0 Å². The van der Waals surface area contributed by atoms with Crippen LogP contribution in [0.3, 0.4) is 0 Å². The number of methoxy groups -OCH3 is 1. The minimum absolute atomic E-state index is 0.0381. The van der Waals surface area contributed by atoms with Crippen molar-refractivity contribution in [2.75, 3.05) is 7.11 Å². The lowest BCUT2D eigenvalue weighted by Gasteiger charge is -2.30. The van der Waals surface area contributed by atoms with Gasteiger partial charge in [-0.05, 0) is 5.92 Å². The third-order valence-corrected chi connectivity index (χ3v) is 2.16. The van der Waals surface area contributed by atoms with Crippen LogP contribution in [0.4, 0.5) is 0 Å². The first-order valence-electron chi connectivity index (χ1n) is 4.33. The van der Waals surface area contributed by atoms with Gasteiger partial charge in [-0.3, -0.25) is 4.79 Å². The van der Waals surface area contributed by atoms with Gasteiger partial charge in [0, 0.05) is 13.5 Å². The van der Waals surface area contributed by atoms with Gasteiger partial charge in [0.25, 0.3) is 0 Å². The van der Waals surface area contributed by atoms with Crippen LogP contribution >= 0.6 is 0 Å². The molecule has 3 nitrogen and oxygen atoms in total. The summed E-state index contributed by atoms with van der Waals surface area (Å²) >= 11 is 0. The molecule has 3 heteroatoms. The molecule has 1 aliphatic heterocycles. The van der Waals surface area contributed by atoms with Crippen LogP contribution < -0.4 is 0 Å². The Morgan fingerprint density at radius 2 is 2.17 bits per heavy atom. The van der Waals surface area contributed by atoms with Gasteiger partial charge in [0.1, 0.15) is 5.78 Å². The topological polar surface area (TPSA) is 35.5 Å². The number of ketones is 1. The number of Topliss-reactive ketones (excluding diaryl/α,β-unsaturated/α-hetero) is 1. The lowest BCUT2D eigenvalue weighted by Crippen LogP contribution is -2.36. The predicted octanol–water partition coefficient (Wildman–Crippen LogP) is 1.36. The van der Waals surface area contributed by atoms with Crippen molar-refractivity contribution in [1.82, 2.24) is 0 Å². The molecule has 0 spiro atoms. The van der Waals surface area contributed by atoms with Crippen LogP contribution in [0.2, 0.25) is 0 Å². The second kappa shape index (κ2) is 4.01. The van der Waals surface area contributed by atoms with Gasteiger partial charge in [-0.25, -0.2) is 0 Å². The van der Waals surface area contributed by atoms with E-state index in [0.717, 1.165) is 0 Å². The number of hydrogen-bond acceptors (Lipinski definition) is 3. The Bertz CT molecular complexity index is 165. The summed E-state index contributed by atoms with van der Waals surface area (Å²) < 4.78 is 10.5. The molecule has 0 radical (unpaired) electrons. The van der Waals surface area contributed by atoms with Crippen LogP contribution in [0.15, 0.2) is 0 Å². The molecule has 70 valence electrons. The molecule has 0 aliphatic carbocycles. The second-order valence-electron chi connectivity index (χ2n) is 3.53. The Balaban J connectivity index is 2.51. The van der Waals surface area contributed by atoms with Crippen LogP contribution in [-0.2, 0) is 14.3 Å². The Hall–Kier alpha value is -0.410. The van der Waals surface area contributed by atoms with E-state index in [1.165, 1.54) is 0 Å². The highest BCUT2D eigenvalue weighted by molar-refractivity contribution is 5.79. The maximum Gasteiger partial charge on any atom is 0.164 e. The molecular formula is C9H16O3. The van der Waals surface area contributed by atoms with Gasteiger partial charge >= 0.3 is 0 Å². The smallest absolute Gasteiger partial charge is 0.164 e. The molecule has 0 amide bonds. The molecule has 0 N–H and O–H groups in total. The van der Waals surface area contributed by atoms with E-state index in [-0.39, 0.29) is 18.2 Å². The molecule has 1 heterocycles. The summed E-state index contributed by atoms with van der Waals surface area (Å²) in [4.78, 5) is 11.2. The Morgan fingerprint density at radius 1 is 1.50 bits per heavy atom. The maximum absolute atomic E-state index is 11.2. The molecule has 2 atom stereocenters. The first-order valence-corrected chi connectivity index (χ1v) is 4.33. The zero-order valence-electron chi connectivity index (χ0n) is 7.87. The van der Waals surface area contributed by atoms with Crippen molar-refractivity contribution < 1.29 is 14.3 Å². The highest BCUT2D eigenvalue weighted by Crippen LogP contribution is 2.21. The van der Waals surface area contributed by atoms with Gasteiger partial charge in [-0.2, -0.15) is 0 Å². The van der Waals surface area contributed by atoms with E-state index in [1.54, 1.807) is 7.11 Å². The van der Waals surface area contributed by atoms with E-state index in [9.17, 15) is 4.79 Å². The summed E-state index contributed by atoms with van der Waals surface area (Å²) in [5, 5.41) is 0. The molecular weight excluding hydrogens is 156 g/mol. The fourth-order valence-electron chi connectivity index (χ4n) is 1.32. The third-order valence-electron chi connectivity index (χ3n) is 2.16. The molecule has 1 aliphatic rings. The van der Waals surface area contributed by atoms with Crippen LogP contribution in [0.25, 0.3) is 0 Å². The van der Waals surface area contributed by atoms with E-state index in [0.29, 0.717) is 18.8 Å². The highest BCUT2D eigenvalue weighted by Gasteiger charge is 2.29. The zero-order chi connectivity index (χ0) is 9.14. The van der Waals surface area contributed by atoms with Gasteiger partial charge in [-0.15, -0.1) is 0 Å². The van der Waals surface area contributed by atoms with Crippen molar-refractivity contribution in [2.24, 2.45) is 5.92 Å². The summed E-state index contributed by atoms with van der Waals surface area (Å²) in [7, 11) is 1.57. The number of ether oxygens (including phenoxy) is 2. The third kappa shape index (κ3) is 2.29. The molecule has 0 saturated carbocycles. The van der Waals surface area contributed by atoms with Crippen LogP contribution in [0, 0.1) is 5.92 Å². The molecule has 1 rings (SSSR count). The first-order chi connectivity index (χ1) is 5.63. The Labute approximate surface area is 73.0 Å². The van der Waals surface area contributed by atoms with Crippen molar-refractivity contribution in [1.29, 1.82) is 0 Å². The molecule has 0 aromatic rings. The lowest BCUT2D eigenvalue weighted by molar-refractivity contribution is -0.191. The largest absolute Gasteiger partial charge is 0.355 e. The van der Waals surface area contributed by atoms with E-state index in [1.807, 2.05) is 0 Å². The first kappa shape index (κ1) is 9.68. The summed E-state index contributed by atoms with van der Waals surface area (Å²) in [5.74, 6) is 0.624. The van der Waals surface area contributed by atoms with Crippen molar-refractivity contribution in [3.8, 4) is 0 Å². The quantitative estimate of drug-likeness (QED) is 0.631. The van der Waals surface area contributed by atoms with E-state index >= 15 is 0 Å². The lowest BCUT2D eigenvalue weighted by atomic mass is 9.98. The molecule has 0 bridgehead atoms. The summed E-state index contributed by atoms with van der Waals surface area (Å²) in [6.07, 6.45) is 0.659. The molecule has 2 unspecified atom stereocenters. The molecule has 1 fully saturated rings. The van der Waals surface area contributed by atoms with Gasteiger partial charge in [0.15, 0.2) is 6.29 Å².